The number of hydrogen-bond acceptors (Lipinski definition) is 5. The lowest BCUT2D eigenvalue weighted by molar-refractivity contribution is 0.0702. The molecule has 0 saturated carbocycles. The van der Waals surface area contributed by atoms with Gasteiger partial charge in [0.15, 0.2) is 5.75 Å². The Morgan fingerprint density at radius 3 is 2.65 bits per heavy atom. The van der Waals surface area contributed by atoms with Crippen LogP contribution in [-0.4, -0.2) is 30.3 Å². The Morgan fingerprint density at radius 2 is 2.00 bits per heavy atom. The highest BCUT2D eigenvalue weighted by atomic mass is 32.1. The molecule has 1 aromatic carbocycles. The molecule has 0 fully saturated rings. The van der Waals surface area contributed by atoms with Crippen LogP contribution in [0.5, 0.6) is 11.5 Å². The lowest BCUT2D eigenvalue weighted by Gasteiger charge is -2.10. The average Bonchev–Trinajstić information content (AvgIpc) is 2.89. The van der Waals surface area contributed by atoms with Gasteiger partial charge in [0.2, 0.25) is 0 Å². The Kier molecular flexibility index (Phi) is 2.94. The van der Waals surface area contributed by atoms with Crippen LogP contribution in [0.4, 0.5) is 0 Å². The monoisotopic (exact) mass is 289 g/mol. The van der Waals surface area contributed by atoms with E-state index in [4.69, 9.17) is 14.6 Å². The number of methoxy groups -OCH3 is 2. The van der Waals surface area contributed by atoms with Crippen molar-refractivity contribution in [1.29, 1.82) is 0 Å². The number of carboxylic acids is 1. The van der Waals surface area contributed by atoms with Gasteiger partial charge in [0, 0.05) is 17.0 Å². The van der Waals surface area contributed by atoms with Crippen molar-refractivity contribution in [3.05, 3.63) is 29.3 Å². The molecular formula is C14H11NO4S. The second-order valence-electron chi connectivity index (χ2n) is 4.12. The van der Waals surface area contributed by atoms with Crippen LogP contribution >= 0.6 is 11.3 Å². The molecule has 0 aliphatic rings. The van der Waals surface area contributed by atoms with Crippen molar-refractivity contribution in [3.63, 3.8) is 0 Å². The van der Waals surface area contributed by atoms with Gasteiger partial charge in [-0.05, 0) is 18.2 Å². The summed E-state index contributed by atoms with van der Waals surface area (Å²) in [5.41, 5.74) is 0.665. The summed E-state index contributed by atoms with van der Waals surface area (Å²) in [6, 6.07) is 5.29. The first kappa shape index (κ1) is 12.7. The number of carboxylic acid groups (broad SMARTS) is 1. The standard InChI is InChI=1S/C14H11NO4S/c1-18-11-7-4-3-5-15-10(7)12(19-2)13-8(11)6-9(20-13)14(16)17/h3-6H,1-2H3,(H,16,17). The van der Waals surface area contributed by atoms with Crippen LogP contribution in [0.3, 0.4) is 0 Å². The van der Waals surface area contributed by atoms with E-state index in [0.29, 0.717) is 17.0 Å². The van der Waals surface area contributed by atoms with E-state index in [-0.39, 0.29) is 4.88 Å². The summed E-state index contributed by atoms with van der Waals surface area (Å²) in [6.45, 7) is 0. The predicted molar refractivity (Wildman–Crippen MR) is 77.2 cm³/mol. The number of pyridine rings is 1. The van der Waals surface area contributed by atoms with Crippen molar-refractivity contribution in [1.82, 2.24) is 4.98 Å². The molecule has 102 valence electrons. The molecule has 1 N–H and O–H groups in total. The molecule has 2 heterocycles. The van der Waals surface area contributed by atoms with Crippen molar-refractivity contribution in [3.8, 4) is 11.5 Å². The van der Waals surface area contributed by atoms with E-state index in [0.717, 1.165) is 26.8 Å². The van der Waals surface area contributed by atoms with Gasteiger partial charge in [0.25, 0.3) is 0 Å². The first-order chi connectivity index (χ1) is 9.67. The van der Waals surface area contributed by atoms with Gasteiger partial charge < -0.3 is 14.6 Å². The lowest BCUT2D eigenvalue weighted by atomic mass is 10.1. The fourth-order valence-corrected chi connectivity index (χ4v) is 3.28. The van der Waals surface area contributed by atoms with E-state index in [1.165, 1.54) is 0 Å². The largest absolute Gasteiger partial charge is 0.495 e. The molecule has 2 aromatic heterocycles. The third-order valence-electron chi connectivity index (χ3n) is 3.07. The fraction of sp³-hybridized carbons (Fsp3) is 0.143. The fourth-order valence-electron chi connectivity index (χ4n) is 2.27. The normalized spacial score (nSPS) is 10.9. The van der Waals surface area contributed by atoms with Gasteiger partial charge in [-0.2, -0.15) is 0 Å². The molecule has 0 atom stereocenters. The topological polar surface area (TPSA) is 68.7 Å². The average molecular weight is 289 g/mol. The first-order valence-electron chi connectivity index (χ1n) is 5.83. The van der Waals surface area contributed by atoms with Crippen LogP contribution in [0.15, 0.2) is 24.4 Å². The van der Waals surface area contributed by atoms with E-state index in [1.807, 2.05) is 6.07 Å². The minimum atomic E-state index is -0.965. The van der Waals surface area contributed by atoms with Crippen molar-refractivity contribution >= 4 is 38.3 Å². The number of benzene rings is 1. The molecule has 0 aliphatic heterocycles. The Morgan fingerprint density at radius 1 is 1.25 bits per heavy atom. The highest BCUT2D eigenvalue weighted by molar-refractivity contribution is 7.21. The third kappa shape index (κ3) is 1.69. The number of aromatic carboxylic acids is 1. The van der Waals surface area contributed by atoms with Gasteiger partial charge in [-0.3, -0.25) is 4.98 Å². The summed E-state index contributed by atoms with van der Waals surface area (Å²) in [4.78, 5) is 15.7. The highest BCUT2D eigenvalue weighted by Crippen LogP contribution is 2.45. The second kappa shape index (κ2) is 4.64. The summed E-state index contributed by atoms with van der Waals surface area (Å²) in [5.74, 6) is 0.230. The molecule has 0 spiro atoms. The quantitative estimate of drug-likeness (QED) is 0.802. The van der Waals surface area contributed by atoms with Crippen molar-refractivity contribution < 1.29 is 19.4 Å². The molecule has 0 aliphatic carbocycles. The number of ether oxygens (including phenoxy) is 2. The van der Waals surface area contributed by atoms with Gasteiger partial charge in [-0.25, -0.2) is 4.79 Å². The van der Waals surface area contributed by atoms with Crippen LogP contribution in [0, 0.1) is 0 Å². The molecule has 0 bridgehead atoms. The van der Waals surface area contributed by atoms with Crippen LogP contribution in [0.25, 0.3) is 21.0 Å². The van der Waals surface area contributed by atoms with Gasteiger partial charge in [0.05, 0.1) is 18.9 Å². The summed E-state index contributed by atoms with van der Waals surface area (Å²) >= 11 is 1.16. The SMILES string of the molecule is COc1c2cccnc2c(OC)c2sc(C(=O)O)cc12. The maximum atomic E-state index is 11.2. The van der Waals surface area contributed by atoms with Crippen LogP contribution in [0.1, 0.15) is 9.67 Å². The Bertz CT molecular complexity index is 764. The lowest BCUT2D eigenvalue weighted by Crippen LogP contribution is -1.92. The van der Waals surface area contributed by atoms with Crippen LogP contribution in [-0.2, 0) is 0 Å². The van der Waals surface area contributed by atoms with Crippen molar-refractivity contribution in [2.75, 3.05) is 14.2 Å². The Balaban J connectivity index is 2.54. The number of aromatic nitrogens is 1. The van der Waals surface area contributed by atoms with Crippen molar-refractivity contribution in [2.45, 2.75) is 0 Å². The molecule has 3 rings (SSSR count). The molecule has 20 heavy (non-hydrogen) atoms. The number of thiophene rings is 1. The Labute approximate surface area is 118 Å². The number of fused-ring (bicyclic) bond motifs is 2. The maximum Gasteiger partial charge on any atom is 0.345 e. The maximum absolute atomic E-state index is 11.2. The molecule has 0 amide bonds. The van der Waals surface area contributed by atoms with E-state index in [2.05, 4.69) is 4.98 Å². The summed E-state index contributed by atoms with van der Waals surface area (Å²) in [7, 11) is 3.11. The number of nitrogens with zero attached hydrogens (tertiary/aromatic N) is 1. The molecule has 6 heteroatoms. The highest BCUT2D eigenvalue weighted by Gasteiger charge is 2.20. The molecule has 0 saturated heterocycles. The van der Waals surface area contributed by atoms with E-state index < -0.39 is 5.97 Å². The summed E-state index contributed by atoms with van der Waals surface area (Å²) in [6.07, 6.45) is 1.67. The number of rotatable bonds is 3. The van der Waals surface area contributed by atoms with Gasteiger partial charge >= 0.3 is 5.97 Å². The Hall–Kier alpha value is -2.34. The molecular weight excluding hydrogens is 278 g/mol. The van der Waals surface area contributed by atoms with Crippen molar-refractivity contribution in [2.24, 2.45) is 0 Å². The van der Waals surface area contributed by atoms with E-state index in [9.17, 15) is 4.79 Å². The zero-order chi connectivity index (χ0) is 14.3. The number of hydrogen-bond donors (Lipinski definition) is 1. The molecule has 0 unspecified atom stereocenters. The number of carbonyl (C=O) groups is 1. The van der Waals surface area contributed by atoms with Crippen LogP contribution in [0.2, 0.25) is 0 Å². The summed E-state index contributed by atoms with van der Waals surface area (Å²) < 4.78 is 11.6. The predicted octanol–water partition coefficient (Wildman–Crippen LogP) is 3.16. The van der Waals surface area contributed by atoms with E-state index >= 15 is 0 Å². The minimum absolute atomic E-state index is 0.243. The smallest absolute Gasteiger partial charge is 0.345 e. The zero-order valence-electron chi connectivity index (χ0n) is 10.8. The van der Waals surface area contributed by atoms with Gasteiger partial charge in [-0.15, -0.1) is 11.3 Å². The minimum Gasteiger partial charge on any atom is -0.495 e. The molecule has 0 radical (unpaired) electrons. The van der Waals surface area contributed by atoms with Gasteiger partial charge in [-0.1, -0.05) is 0 Å². The molecule has 5 nitrogen and oxygen atoms in total. The van der Waals surface area contributed by atoms with Crippen LogP contribution < -0.4 is 9.47 Å². The third-order valence-corrected chi connectivity index (χ3v) is 4.19. The van der Waals surface area contributed by atoms with E-state index in [1.54, 1.807) is 32.5 Å². The zero-order valence-corrected chi connectivity index (χ0v) is 11.7. The summed E-state index contributed by atoms with van der Waals surface area (Å²) in [5, 5.41) is 10.7. The first-order valence-corrected chi connectivity index (χ1v) is 6.64. The van der Waals surface area contributed by atoms with Gasteiger partial charge in [0.1, 0.15) is 16.1 Å². The second-order valence-corrected chi connectivity index (χ2v) is 5.18. The molecule has 3 aromatic rings.